The quantitative estimate of drug-likeness (QED) is 0.486. The molecule has 1 aliphatic rings. The van der Waals surface area contributed by atoms with E-state index < -0.39 is 12.4 Å². The Labute approximate surface area is 120 Å². The van der Waals surface area contributed by atoms with Crippen LogP contribution in [-0.2, 0) is 18.9 Å². The van der Waals surface area contributed by atoms with Crippen LogP contribution in [-0.4, -0.2) is 56.1 Å². The van der Waals surface area contributed by atoms with Crippen LogP contribution in [0.25, 0.3) is 0 Å². The maximum Gasteiger partial charge on any atom is 0.184 e. The predicted molar refractivity (Wildman–Crippen MR) is 76.4 cm³/mol. The summed E-state index contributed by atoms with van der Waals surface area (Å²) < 4.78 is 22.0. The lowest BCUT2D eigenvalue weighted by Gasteiger charge is -2.38. The number of hydrogen-bond donors (Lipinski definition) is 1. The molecule has 0 aromatic heterocycles. The zero-order valence-electron chi connectivity index (χ0n) is 11.8. The highest BCUT2D eigenvalue weighted by Crippen LogP contribution is 2.24. The molecule has 5 heteroatoms. The van der Waals surface area contributed by atoms with E-state index in [4.69, 9.17) is 18.9 Å². The van der Waals surface area contributed by atoms with E-state index in [9.17, 15) is 5.11 Å². The van der Waals surface area contributed by atoms with Gasteiger partial charge in [0.15, 0.2) is 6.29 Å². The smallest absolute Gasteiger partial charge is 0.184 e. The van der Waals surface area contributed by atoms with Gasteiger partial charge in [0.05, 0.1) is 38.6 Å². The van der Waals surface area contributed by atoms with Crippen molar-refractivity contribution in [3.8, 4) is 0 Å². The van der Waals surface area contributed by atoms with Gasteiger partial charge < -0.3 is 24.1 Å². The molecule has 0 unspecified atom stereocenters. The highest BCUT2D eigenvalue weighted by Gasteiger charge is 2.39. The Morgan fingerprint density at radius 2 is 1.70 bits per heavy atom. The summed E-state index contributed by atoms with van der Waals surface area (Å²) in [5, 5.41) is 10.0. The lowest BCUT2D eigenvalue weighted by molar-refractivity contribution is -0.269. The summed E-state index contributed by atoms with van der Waals surface area (Å²) in [6.07, 6.45) is 3.45. The van der Waals surface area contributed by atoms with Gasteiger partial charge in [-0.3, -0.25) is 0 Å². The van der Waals surface area contributed by atoms with E-state index in [0.717, 1.165) is 0 Å². The summed E-state index contributed by atoms with van der Waals surface area (Å²) in [7, 11) is 0. The summed E-state index contributed by atoms with van der Waals surface area (Å²) in [6.45, 7) is 12.3. The topological polar surface area (TPSA) is 57.2 Å². The highest BCUT2D eigenvalue weighted by atomic mass is 16.7. The predicted octanol–water partition coefficient (Wildman–Crippen LogP) is 1.44. The van der Waals surface area contributed by atoms with Gasteiger partial charge in [-0.2, -0.15) is 0 Å². The van der Waals surface area contributed by atoms with Gasteiger partial charge in [-0.1, -0.05) is 18.2 Å². The SMILES string of the molecule is C=CCOC[C@@H]1C[C@H](OCC=C)[C@@H](OCC=C)[C@@H](O)O1. The average molecular weight is 284 g/mol. The Bertz CT molecular complexity index is 305. The molecule has 1 saturated heterocycles. The van der Waals surface area contributed by atoms with Crippen molar-refractivity contribution < 1.29 is 24.1 Å². The van der Waals surface area contributed by atoms with Crippen molar-refractivity contribution >= 4 is 0 Å². The van der Waals surface area contributed by atoms with Gasteiger partial charge in [0.25, 0.3) is 0 Å². The first-order valence-corrected chi connectivity index (χ1v) is 6.70. The molecule has 0 radical (unpaired) electrons. The monoisotopic (exact) mass is 284 g/mol. The van der Waals surface area contributed by atoms with E-state index in [1.807, 2.05) is 0 Å². The van der Waals surface area contributed by atoms with E-state index >= 15 is 0 Å². The Morgan fingerprint density at radius 3 is 2.35 bits per heavy atom. The van der Waals surface area contributed by atoms with Crippen LogP contribution < -0.4 is 0 Å². The standard InChI is InChI=1S/C15H24O5/c1-4-7-17-11-12-10-13(18-8-5-2)14(15(16)20-12)19-9-6-3/h4-6,12-16H,1-3,7-11H2/t12-,13-,14+,15-/m0/s1. The third-order valence-corrected chi connectivity index (χ3v) is 2.85. The van der Waals surface area contributed by atoms with Crippen LogP contribution in [0.2, 0.25) is 0 Å². The van der Waals surface area contributed by atoms with Crippen molar-refractivity contribution in [1.82, 2.24) is 0 Å². The molecule has 0 bridgehead atoms. The van der Waals surface area contributed by atoms with Gasteiger partial charge >= 0.3 is 0 Å². The Hall–Kier alpha value is -0.980. The van der Waals surface area contributed by atoms with Crippen molar-refractivity contribution in [2.75, 3.05) is 26.4 Å². The molecule has 1 aliphatic heterocycles. The van der Waals surface area contributed by atoms with Crippen LogP contribution in [0.1, 0.15) is 6.42 Å². The van der Waals surface area contributed by atoms with Crippen molar-refractivity contribution in [3.05, 3.63) is 38.0 Å². The number of rotatable bonds is 10. The minimum Gasteiger partial charge on any atom is -0.375 e. The molecule has 0 spiro atoms. The fraction of sp³-hybridized carbons (Fsp3) is 0.600. The van der Waals surface area contributed by atoms with Gasteiger partial charge in [0.1, 0.15) is 6.10 Å². The van der Waals surface area contributed by atoms with Crippen molar-refractivity contribution in [2.45, 2.75) is 31.0 Å². The van der Waals surface area contributed by atoms with E-state index in [1.165, 1.54) is 0 Å². The molecule has 0 aliphatic carbocycles. The molecule has 0 aromatic rings. The molecule has 20 heavy (non-hydrogen) atoms. The second kappa shape index (κ2) is 9.85. The van der Waals surface area contributed by atoms with Gasteiger partial charge in [-0.25, -0.2) is 0 Å². The van der Waals surface area contributed by atoms with Crippen molar-refractivity contribution in [1.29, 1.82) is 0 Å². The molecular formula is C15H24O5. The maximum atomic E-state index is 10.0. The number of ether oxygens (including phenoxy) is 4. The molecule has 1 rings (SSSR count). The molecule has 4 atom stereocenters. The fourth-order valence-electron chi connectivity index (χ4n) is 2.02. The largest absolute Gasteiger partial charge is 0.375 e. The zero-order valence-corrected chi connectivity index (χ0v) is 11.8. The van der Waals surface area contributed by atoms with E-state index in [1.54, 1.807) is 18.2 Å². The average Bonchev–Trinajstić information content (AvgIpc) is 2.44. The Balaban J connectivity index is 2.56. The molecule has 114 valence electrons. The third-order valence-electron chi connectivity index (χ3n) is 2.85. The van der Waals surface area contributed by atoms with E-state index in [2.05, 4.69) is 19.7 Å². The molecule has 1 heterocycles. The van der Waals surface area contributed by atoms with E-state index in [0.29, 0.717) is 32.8 Å². The minimum absolute atomic E-state index is 0.233. The number of aliphatic hydroxyl groups excluding tert-OH is 1. The molecule has 1 N–H and O–H groups in total. The van der Waals surface area contributed by atoms with E-state index in [-0.39, 0.29) is 12.2 Å². The van der Waals surface area contributed by atoms with Gasteiger partial charge in [0, 0.05) is 6.42 Å². The van der Waals surface area contributed by atoms with Crippen LogP contribution in [0.5, 0.6) is 0 Å². The third kappa shape index (κ3) is 5.56. The summed E-state index contributed by atoms with van der Waals surface area (Å²) in [6, 6.07) is 0. The van der Waals surface area contributed by atoms with Gasteiger partial charge in [-0.15, -0.1) is 19.7 Å². The molecule has 0 amide bonds. The van der Waals surface area contributed by atoms with Gasteiger partial charge in [0.2, 0.25) is 0 Å². The summed E-state index contributed by atoms with van der Waals surface area (Å²) in [4.78, 5) is 0. The van der Waals surface area contributed by atoms with Crippen LogP contribution in [0, 0.1) is 0 Å². The number of aliphatic hydroxyl groups is 1. The normalized spacial score (nSPS) is 29.9. The van der Waals surface area contributed by atoms with Crippen molar-refractivity contribution in [2.24, 2.45) is 0 Å². The van der Waals surface area contributed by atoms with Crippen LogP contribution >= 0.6 is 0 Å². The van der Waals surface area contributed by atoms with Crippen LogP contribution in [0.15, 0.2) is 38.0 Å². The second-order valence-electron chi connectivity index (χ2n) is 4.46. The van der Waals surface area contributed by atoms with Gasteiger partial charge in [-0.05, 0) is 0 Å². The zero-order chi connectivity index (χ0) is 14.8. The Morgan fingerprint density at radius 1 is 1.05 bits per heavy atom. The summed E-state index contributed by atoms with van der Waals surface area (Å²) in [5.41, 5.74) is 0. The summed E-state index contributed by atoms with van der Waals surface area (Å²) in [5.74, 6) is 0. The second-order valence-corrected chi connectivity index (χ2v) is 4.46. The van der Waals surface area contributed by atoms with Crippen molar-refractivity contribution in [3.63, 3.8) is 0 Å². The lowest BCUT2D eigenvalue weighted by Crippen LogP contribution is -2.51. The summed E-state index contributed by atoms with van der Waals surface area (Å²) >= 11 is 0. The molecule has 0 aromatic carbocycles. The number of hydrogen-bond acceptors (Lipinski definition) is 5. The lowest BCUT2D eigenvalue weighted by atomic mass is 10.0. The maximum absolute atomic E-state index is 10.0. The highest BCUT2D eigenvalue weighted by molar-refractivity contribution is 4.85. The fourth-order valence-corrected chi connectivity index (χ4v) is 2.02. The first-order valence-electron chi connectivity index (χ1n) is 6.70. The first-order chi connectivity index (χ1) is 9.72. The van der Waals surface area contributed by atoms with Crippen LogP contribution in [0.4, 0.5) is 0 Å². The first kappa shape index (κ1) is 17.1. The molecular weight excluding hydrogens is 260 g/mol. The molecule has 1 fully saturated rings. The molecule has 5 nitrogen and oxygen atoms in total. The molecule has 0 saturated carbocycles. The minimum atomic E-state index is -1.05. The van der Waals surface area contributed by atoms with Crippen LogP contribution in [0.3, 0.4) is 0 Å². The Kier molecular flexibility index (Phi) is 8.41.